The van der Waals surface area contributed by atoms with E-state index in [1.807, 2.05) is 71.0 Å². The molecule has 0 bridgehead atoms. The number of aromatic amines is 1. The van der Waals surface area contributed by atoms with E-state index in [0.717, 1.165) is 28.7 Å². The Morgan fingerprint density at radius 1 is 1.00 bits per heavy atom. The number of carbonyl (C=O) groups excluding carboxylic acids is 2. The van der Waals surface area contributed by atoms with E-state index >= 15 is 0 Å². The summed E-state index contributed by atoms with van der Waals surface area (Å²) in [6, 6.07) is 14.4. The molecule has 0 atom stereocenters. The summed E-state index contributed by atoms with van der Waals surface area (Å²) in [5.41, 5.74) is 4.78. The SMILES string of the molecule is C=C(/C=C(\C=C/C)c1cc(C=O)c[nH]1)c1cccc(NC(=O)c2ccc(F)cc2)c1.CC.CC.CCC. The molecule has 0 aliphatic heterocycles. The zero-order chi connectivity index (χ0) is 28.2. The average molecular weight is 505 g/mol. The molecule has 3 rings (SSSR count). The summed E-state index contributed by atoms with van der Waals surface area (Å²) >= 11 is 0. The maximum atomic E-state index is 13.1. The normalized spacial score (nSPS) is 10.1. The number of nitrogens with one attached hydrogen (secondary N) is 2. The third kappa shape index (κ3) is 11.5. The molecule has 0 aliphatic rings. The number of benzene rings is 2. The van der Waals surface area contributed by atoms with Gasteiger partial charge < -0.3 is 10.3 Å². The first kappa shape index (κ1) is 33.0. The molecule has 2 aromatic carbocycles. The zero-order valence-corrected chi connectivity index (χ0v) is 23.2. The quantitative estimate of drug-likeness (QED) is 0.249. The molecule has 0 spiro atoms. The summed E-state index contributed by atoms with van der Waals surface area (Å²) in [5.74, 6) is -0.716. The second-order valence-corrected chi connectivity index (χ2v) is 7.34. The Morgan fingerprint density at radius 3 is 2.16 bits per heavy atom. The molecule has 1 amide bonds. The number of H-pyrrole nitrogens is 1. The van der Waals surface area contributed by atoms with Crippen molar-refractivity contribution in [2.75, 3.05) is 5.32 Å². The zero-order valence-electron chi connectivity index (χ0n) is 23.2. The minimum absolute atomic E-state index is 0.323. The van der Waals surface area contributed by atoms with Crippen LogP contribution in [0.3, 0.4) is 0 Å². The highest BCUT2D eigenvalue weighted by atomic mass is 19.1. The topological polar surface area (TPSA) is 62.0 Å². The van der Waals surface area contributed by atoms with Crippen LogP contribution in [-0.2, 0) is 0 Å². The van der Waals surface area contributed by atoms with Crippen LogP contribution in [0.15, 0.2) is 85.6 Å². The summed E-state index contributed by atoms with van der Waals surface area (Å²) in [5, 5.41) is 2.81. The van der Waals surface area contributed by atoms with Crippen LogP contribution in [0.2, 0.25) is 0 Å². The molecule has 3 aromatic rings. The van der Waals surface area contributed by atoms with Crippen LogP contribution in [0.4, 0.5) is 10.1 Å². The van der Waals surface area contributed by atoms with Crippen molar-refractivity contribution < 1.29 is 14.0 Å². The molecule has 0 saturated heterocycles. The van der Waals surface area contributed by atoms with Crippen LogP contribution in [0.5, 0.6) is 0 Å². The third-order valence-electron chi connectivity index (χ3n) is 4.43. The fourth-order valence-electron chi connectivity index (χ4n) is 2.91. The summed E-state index contributed by atoms with van der Waals surface area (Å²) in [4.78, 5) is 26.4. The lowest BCUT2D eigenvalue weighted by Crippen LogP contribution is -2.11. The number of halogens is 1. The molecule has 198 valence electrons. The van der Waals surface area contributed by atoms with Gasteiger partial charge in [-0.2, -0.15) is 0 Å². The van der Waals surface area contributed by atoms with E-state index in [2.05, 4.69) is 30.7 Å². The Bertz CT molecular complexity index is 1160. The largest absolute Gasteiger partial charge is 0.360 e. The van der Waals surface area contributed by atoms with Crippen LogP contribution in [0.1, 0.15) is 86.9 Å². The van der Waals surface area contributed by atoms with Gasteiger partial charge in [0.15, 0.2) is 6.29 Å². The van der Waals surface area contributed by atoms with E-state index in [9.17, 15) is 14.0 Å². The monoisotopic (exact) mass is 504 g/mol. The molecule has 1 heterocycles. The molecule has 1 aromatic heterocycles. The van der Waals surface area contributed by atoms with E-state index in [1.54, 1.807) is 18.3 Å². The molecule has 0 fully saturated rings. The lowest BCUT2D eigenvalue weighted by atomic mass is 10.0. The van der Waals surface area contributed by atoms with Gasteiger partial charge in [0, 0.05) is 28.7 Å². The van der Waals surface area contributed by atoms with Gasteiger partial charge in [0.1, 0.15) is 5.82 Å². The number of carbonyl (C=O) groups is 2. The van der Waals surface area contributed by atoms with Crippen LogP contribution in [0.25, 0.3) is 11.1 Å². The predicted octanol–water partition coefficient (Wildman–Crippen LogP) is 9.36. The highest BCUT2D eigenvalue weighted by Gasteiger charge is 2.08. The van der Waals surface area contributed by atoms with Crippen LogP contribution in [-0.4, -0.2) is 17.2 Å². The number of anilines is 1. The van der Waals surface area contributed by atoms with Gasteiger partial charge in [-0.25, -0.2) is 4.39 Å². The van der Waals surface area contributed by atoms with Gasteiger partial charge in [0.05, 0.1) is 0 Å². The number of allylic oxidation sites excluding steroid dienone is 5. The molecule has 0 saturated carbocycles. The average Bonchev–Trinajstić information content (AvgIpc) is 3.41. The van der Waals surface area contributed by atoms with E-state index in [-0.39, 0.29) is 5.91 Å². The third-order valence-corrected chi connectivity index (χ3v) is 4.43. The van der Waals surface area contributed by atoms with Crippen LogP contribution >= 0.6 is 0 Å². The molecular weight excluding hydrogens is 463 g/mol. The van der Waals surface area contributed by atoms with Gasteiger partial charge in [0.2, 0.25) is 0 Å². The van der Waals surface area contributed by atoms with E-state index in [1.165, 1.54) is 30.7 Å². The summed E-state index contributed by atoms with van der Waals surface area (Å²) < 4.78 is 13.1. The minimum atomic E-state index is -0.393. The van der Waals surface area contributed by atoms with E-state index < -0.39 is 5.82 Å². The van der Waals surface area contributed by atoms with Crippen molar-refractivity contribution in [1.82, 2.24) is 4.98 Å². The first-order chi connectivity index (χ1) is 17.9. The number of hydrogen-bond donors (Lipinski definition) is 2. The molecule has 0 aliphatic carbocycles. The van der Waals surface area contributed by atoms with Crippen molar-refractivity contribution in [2.45, 2.75) is 54.9 Å². The fraction of sp³-hybridized carbons (Fsp3) is 0.250. The number of aromatic nitrogens is 1. The lowest BCUT2D eigenvalue weighted by molar-refractivity contribution is 0.102. The van der Waals surface area contributed by atoms with Crippen LogP contribution in [0, 0.1) is 5.82 Å². The Morgan fingerprint density at radius 2 is 1.62 bits per heavy atom. The summed E-state index contributed by atoms with van der Waals surface area (Å²) in [7, 11) is 0. The molecule has 0 unspecified atom stereocenters. The van der Waals surface area contributed by atoms with Crippen molar-refractivity contribution in [3.05, 3.63) is 114 Å². The Hall–Kier alpha value is -3.99. The predicted molar refractivity (Wildman–Crippen MR) is 157 cm³/mol. The van der Waals surface area contributed by atoms with Crippen molar-refractivity contribution in [2.24, 2.45) is 0 Å². The van der Waals surface area contributed by atoms with Gasteiger partial charge in [-0.15, -0.1) is 0 Å². The van der Waals surface area contributed by atoms with Crippen molar-refractivity contribution in [3.63, 3.8) is 0 Å². The highest BCUT2D eigenvalue weighted by molar-refractivity contribution is 6.04. The molecule has 0 radical (unpaired) electrons. The Balaban J connectivity index is 0.00000169. The fourth-order valence-corrected chi connectivity index (χ4v) is 2.91. The Labute approximate surface area is 222 Å². The van der Waals surface area contributed by atoms with E-state index in [4.69, 9.17) is 0 Å². The van der Waals surface area contributed by atoms with Crippen molar-refractivity contribution >= 4 is 29.0 Å². The molecular formula is C32H41FN2O2. The summed E-state index contributed by atoms with van der Waals surface area (Å²) in [6.45, 7) is 18.3. The highest BCUT2D eigenvalue weighted by Crippen LogP contribution is 2.24. The van der Waals surface area contributed by atoms with Gasteiger partial charge >= 0.3 is 0 Å². The number of hydrogen-bond acceptors (Lipinski definition) is 2. The number of rotatable bonds is 7. The van der Waals surface area contributed by atoms with Crippen LogP contribution < -0.4 is 5.32 Å². The minimum Gasteiger partial charge on any atom is -0.360 e. The second kappa shape index (κ2) is 19.2. The second-order valence-electron chi connectivity index (χ2n) is 7.34. The number of aldehydes is 1. The first-order valence-electron chi connectivity index (χ1n) is 12.8. The molecule has 4 nitrogen and oxygen atoms in total. The first-order valence-corrected chi connectivity index (χ1v) is 12.8. The standard InChI is InChI=1S/C25H21FN2O2.C3H8.2C2H6/c1-3-5-21(24-13-18(16-29)15-27-24)12-17(2)20-6-4-7-23(14-20)28-25(30)19-8-10-22(26)11-9-19;1-3-2;2*1-2/h3-16,27H,2H2,1H3,(H,28,30);3H2,1-2H3;2*1-2H3/b5-3-,21-12+;;;. The van der Waals surface area contributed by atoms with Gasteiger partial charge in [-0.05, 0) is 72.2 Å². The van der Waals surface area contributed by atoms with Gasteiger partial charge in [-0.3, -0.25) is 9.59 Å². The Kier molecular flexibility index (Phi) is 17.2. The summed E-state index contributed by atoms with van der Waals surface area (Å²) in [6.07, 6.45) is 9.41. The van der Waals surface area contributed by atoms with Gasteiger partial charge in [-0.1, -0.05) is 78.8 Å². The molecule has 2 N–H and O–H groups in total. The maximum absolute atomic E-state index is 13.1. The van der Waals surface area contributed by atoms with Crippen molar-refractivity contribution in [3.8, 4) is 0 Å². The lowest BCUT2D eigenvalue weighted by Gasteiger charge is -2.09. The van der Waals surface area contributed by atoms with Crippen molar-refractivity contribution in [1.29, 1.82) is 0 Å². The smallest absolute Gasteiger partial charge is 0.255 e. The molecule has 5 heteroatoms. The molecule has 37 heavy (non-hydrogen) atoms. The number of amides is 1. The van der Waals surface area contributed by atoms with Gasteiger partial charge in [0.25, 0.3) is 5.91 Å². The maximum Gasteiger partial charge on any atom is 0.255 e. The van der Waals surface area contributed by atoms with E-state index in [0.29, 0.717) is 16.8 Å².